The minimum absolute atomic E-state index is 0.142. The maximum absolute atomic E-state index is 12.2. The molecule has 0 radical (unpaired) electrons. The number of hydrogen-bond acceptors (Lipinski definition) is 5. The van der Waals surface area contributed by atoms with Crippen molar-refractivity contribution in [2.24, 2.45) is 0 Å². The molecule has 1 aliphatic rings. The van der Waals surface area contributed by atoms with Gasteiger partial charge in [-0.25, -0.2) is 0 Å². The van der Waals surface area contributed by atoms with E-state index in [9.17, 15) is 4.79 Å². The fourth-order valence-corrected chi connectivity index (χ4v) is 2.61. The second kappa shape index (κ2) is 6.29. The van der Waals surface area contributed by atoms with E-state index in [1.807, 2.05) is 6.92 Å². The van der Waals surface area contributed by atoms with Crippen LogP contribution in [0.3, 0.4) is 0 Å². The highest BCUT2D eigenvalue weighted by Crippen LogP contribution is 2.25. The Morgan fingerprint density at radius 1 is 1.48 bits per heavy atom. The first kappa shape index (κ1) is 15.5. The minimum atomic E-state index is -0.142. The van der Waals surface area contributed by atoms with Gasteiger partial charge in [0, 0.05) is 31.2 Å². The Hall–Kier alpha value is -1.84. The Labute approximate surface area is 125 Å². The summed E-state index contributed by atoms with van der Waals surface area (Å²) in [4.78, 5) is 16.6. The van der Waals surface area contributed by atoms with Crippen molar-refractivity contribution >= 4 is 11.8 Å². The van der Waals surface area contributed by atoms with Gasteiger partial charge in [-0.15, -0.1) is 0 Å². The average Bonchev–Trinajstić information content (AvgIpc) is 2.67. The van der Waals surface area contributed by atoms with E-state index in [0.717, 1.165) is 25.2 Å². The first-order chi connectivity index (χ1) is 9.92. The quantitative estimate of drug-likeness (QED) is 0.909. The fourth-order valence-electron chi connectivity index (χ4n) is 2.61. The van der Waals surface area contributed by atoms with Gasteiger partial charge in [0.25, 0.3) is 0 Å². The third kappa shape index (κ3) is 3.43. The molecule has 21 heavy (non-hydrogen) atoms. The lowest BCUT2D eigenvalue weighted by atomic mass is 10.2. The first-order valence-corrected chi connectivity index (χ1v) is 7.15. The zero-order valence-electron chi connectivity index (χ0n) is 13.1. The minimum Gasteiger partial charge on any atom is -0.444 e. The molecule has 1 amide bonds. The largest absolute Gasteiger partial charge is 0.444 e. The summed E-state index contributed by atoms with van der Waals surface area (Å²) in [6, 6.07) is 2.42. The highest BCUT2D eigenvalue weighted by atomic mass is 16.4. The lowest BCUT2D eigenvalue weighted by Crippen LogP contribution is -2.52. The molecule has 1 N–H and O–H groups in total. The Morgan fingerprint density at radius 2 is 2.19 bits per heavy atom. The average molecular weight is 290 g/mol. The Kier molecular flexibility index (Phi) is 4.66. The van der Waals surface area contributed by atoms with E-state index < -0.39 is 0 Å². The molecule has 0 saturated carbocycles. The predicted octanol–water partition coefficient (Wildman–Crippen LogP) is 1.34. The van der Waals surface area contributed by atoms with Crippen LogP contribution in [0.1, 0.15) is 23.8 Å². The van der Waals surface area contributed by atoms with Crippen LogP contribution in [0.15, 0.2) is 4.42 Å². The van der Waals surface area contributed by atoms with Crippen molar-refractivity contribution in [1.82, 2.24) is 9.80 Å². The molecule has 114 valence electrons. The predicted molar refractivity (Wildman–Crippen MR) is 80.1 cm³/mol. The molecule has 0 bridgehead atoms. The van der Waals surface area contributed by atoms with E-state index in [1.54, 1.807) is 6.92 Å². The van der Waals surface area contributed by atoms with Gasteiger partial charge in [0.1, 0.15) is 17.4 Å². The number of nitriles is 1. The van der Waals surface area contributed by atoms with Gasteiger partial charge in [0.2, 0.25) is 11.8 Å². The molecule has 1 fully saturated rings. The van der Waals surface area contributed by atoms with Gasteiger partial charge in [-0.3, -0.25) is 15.0 Å². The van der Waals surface area contributed by atoms with Gasteiger partial charge in [-0.2, -0.15) is 5.26 Å². The van der Waals surface area contributed by atoms with Crippen molar-refractivity contribution in [3.63, 3.8) is 0 Å². The summed E-state index contributed by atoms with van der Waals surface area (Å²) in [7, 11) is 2.08. The van der Waals surface area contributed by atoms with Crippen LogP contribution in [0.4, 0.5) is 5.88 Å². The number of likely N-dealkylation sites (N-methyl/N-ethyl adjacent to an activating group) is 1. The Morgan fingerprint density at radius 3 is 2.81 bits per heavy atom. The Bertz CT molecular complexity index is 573. The second-order valence-electron chi connectivity index (χ2n) is 5.73. The third-order valence-corrected chi connectivity index (χ3v) is 4.06. The van der Waals surface area contributed by atoms with Crippen molar-refractivity contribution in [2.45, 2.75) is 26.8 Å². The van der Waals surface area contributed by atoms with Crippen LogP contribution in [0.2, 0.25) is 0 Å². The molecule has 0 unspecified atom stereocenters. The lowest BCUT2D eigenvalue weighted by molar-refractivity contribution is -0.118. The number of anilines is 1. The van der Waals surface area contributed by atoms with Gasteiger partial charge in [0.15, 0.2) is 0 Å². The highest BCUT2D eigenvalue weighted by molar-refractivity contribution is 5.92. The number of hydrogen-bond donors (Lipinski definition) is 1. The summed E-state index contributed by atoms with van der Waals surface area (Å²) >= 11 is 0. The monoisotopic (exact) mass is 290 g/mol. The standard InChI is InChI=1S/C15H22N4O2/c1-10-8-18(4)5-6-19(10)9-14(20)17-15-13(7-16)11(2)12(3)21-15/h10H,5-6,8-9H2,1-4H3,(H,17,20)/t10-/m1/s1. The SMILES string of the molecule is Cc1oc(NC(=O)CN2CCN(C)C[C@H]2C)c(C#N)c1C. The van der Waals surface area contributed by atoms with Crippen LogP contribution in [-0.4, -0.2) is 55.0 Å². The molecule has 6 nitrogen and oxygen atoms in total. The molecule has 1 saturated heterocycles. The van der Waals surface area contributed by atoms with Crippen molar-refractivity contribution < 1.29 is 9.21 Å². The van der Waals surface area contributed by atoms with Gasteiger partial charge < -0.3 is 9.32 Å². The molecule has 1 aromatic rings. The molecule has 1 atom stereocenters. The molecule has 2 heterocycles. The van der Waals surface area contributed by atoms with E-state index in [4.69, 9.17) is 9.68 Å². The number of piperazine rings is 1. The van der Waals surface area contributed by atoms with E-state index in [-0.39, 0.29) is 11.8 Å². The van der Waals surface area contributed by atoms with Crippen LogP contribution in [0, 0.1) is 25.2 Å². The molecule has 1 aliphatic heterocycles. The fraction of sp³-hybridized carbons (Fsp3) is 0.600. The zero-order chi connectivity index (χ0) is 15.6. The topological polar surface area (TPSA) is 72.5 Å². The lowest BCUT2D eigenvalue weighted by Gasteiger charge is -2.37. The molecule has 6 heteroatoms. The van der Waals surface area contributed by atoms with Crippen molar-refractivity contribution in [3.8, 4) is 6.07 Å². The third-order valence-electron chi connectivity index (χ3n) is 4.06. The van der Waals surface area contributed by atoms with Crippen molar-refractivity contribution in [1.29, 1.82) is 5.26 Å². The van der Waals surface area contributed by atoms with Crippen molar-refractivity contribution in [2.75, 3.05) is 38.5 Å². The maximum Gasteiger partial charge on any atom is 0.240 e. The van der Waals surface area contributed by atoms with E-state index in [1.165, 1.54) is 0 Å². The number of rotatable bonds is 3. The molecular formula is C15H22N4O2. The number of furan rings is 1. The maximum atomic E-state index is 12.2. The van der Waals surface area contributed by atoms with E-state index >= 15 is 0 Å². The van der Waals surface area contributed by atoms with Crippen LogP contribution in [-0.2, 0) is 4.79 Å². The zero-order valence-corrected chi connectivity index (χ0v) is 13.1. The molecular weight excluding hydrogens is 268 g/mol. The second-order valence-corrected chi connectivity index (χ2v) is 5.73. The number of carbonyl (C=O) groups is 1. The highest BCUT2D eigenvalue weighted by Gasteiger charge is 2.24. The number of aryl methyl sites for hydroxylation is 1. The van der Waals surface area contributed by atoms with Gasteiger partial charge in [-0.05, 0) is 27.8 Å². The summed E-state index contributed by atoms with van der Waals surface area (Å²) < 4.78 is 5.46. The molecule has 0 aromatic carbocycles. The van der Waals surface area contributed by atoms with Crippen LogP contribution < -0.4 is 5.32 Å². The number of nitrogens with one attached hydrogen (secondary N) is 1. The number of carbonyl (C=O) groups excluding carboxylic acids is 1. The normalized spacial score (nSPS) is 20.2. The van der Waals surface area contributed by atoms with Crippen LogP contribution in [0.25, 0.3) is 0 Å². The summed E-state index contributed by atoms with van der Waals surface area (Å²) in [6.45, 7) is 8.82. The number of nitrogens with zero attached hydrogens (tertiary/aromatic N) is 3. The first-order valence-electron chi connectivity index (χ1n) is 7.15. The smallest absolute Gasteiger partial charge is 0.240 e. The summed E-state index contributed by atoms with van der Waals surface area (Å²) in [5.41, 5.74) is 1.19. The number of amides is 1. The molecule has 1 aromatic heterocycles. The summed E-state index contributed by atoms with van der Waals surface area (Å²) in [6.07, 6.45) is 0. The van der Waals surface area contributed by atoms with Crippen LogP contribution in [0.5, 0.6) is 0 Å². The molecule has 2 rings (SSSR count). The van der Waals surface area contributed by atoms with Crippen LogP contribution >= 0.6 is 0 Å². The van der Waals surface area contributed by atoms with Crippen molar-refractivity contribution in [3.05, 3.63) is 16.9 Å². The van der Waals surface area contributed by atoms with Gasteiger partial charge >= 0.3 is 0 Å². The van der Waals surface area contributed by atoms with E-state index in [0.29, 0.717) is 23.9 Å². The summed E-state index contributed by atoms with van der Waals surface area (Å²) in [5, 5.41) is 11.9. The van der Waals surface area contributed by atoms with Gasteiger partial charge in [0.05, 0.1) is 6.54 Å². The van der Waals surface area contributed by atoms with E-state index in [2.05, 4.69) is 35.2 Å². The summed E-state index contributed by atoms with van der Waals surface area (Å²) in [5.74, 6) is 0.783. The molecule has 0 aliphatic carbocycles. The Balaban J connectivity index is 2.00. The van der Waals surface area contributed by atoms with Gasteiger partial charge in [-0.1, -0.05) is 0 Å². The molecule has 0 spiro atoms.